The Kier molecular flexibility index (Phi) is 2.94. The third kappa shape index (κ3) is 2.19. The van der Waals surface area contributed by atoms with Crippen LogP contribution in [-0.4, -0.2) is 24.0 Å². The minimum absolute atomic E-state index is 0.0625. The van der Waals surface area contributed by atoms with Gasteiger partial charge in [-0.05, 0) is 43.2 Å². The zero-order valence-electron chi connectivity index (χ0n) is 10.5. The fraction of sp³-hybridized carbons (Fsp3) is 0.571. The summed E-state index contributed by atoms with van der Waals surface area (Å²) in [7, 11) is 0. The predicted molar refractivity (Wildman–Crippen MR) is 70.3 cm³/mol. The molecule has 1 aliphatic carbocycles. The first-order valence-corrected chi connectivity index (χ1v) is 6.74. The third-order valence-corrected chi connectivity index (χ3v) is 4.08. The van der Waals surface area contributed by atoms with E-state index in [9.17, 15) is 4.79 Å². The van der Waals surface area contributed by atoms with Crippen LogP contribution < -0.4 is 10.6 Å². The summed E-state index contributed by atoms with van der Waals surface area (Å²) >= 11 is 0. The average Bonchev–Trinajstić information content (AvgIpc) is 3.23. The van der Waals surface area contributed by atoms with Gasteiger partial charge in [-0.1, -0.05) is 0 Å². The lowest BCUT2D eigenvalue weighted by atomic mass is 9.95. The van der Waals surface area contributed by atoms with Gasteiger partial charge in [-0.25, -0.2) is 0 Å². The highest BCUT2D eigenvalue weighted by molar-refractivity contribution is 5.77. The molecule has 96 valence electrons. The van der Waals surface area contributed by atoms with E-state index in [2.05, 4.69) is 16.0 Å². The van der Waals surface area contributed by atoms with Gasteiger partial charge in [0.05, 0.1) is 0 Å². The number of primary amides is 1. The summed E-state index contributed by atoms with van der Waals surface area (Å²) in [6.45, 7) is 1.86. The van der Waals surface area contributed by atoms with Crippen molar-refractivity contribution in [3.05, 3.63) is 24.0 Å². The zero-order chi connectivity index (χ0) is 12.5. The molecule has 1 aromatic rings. The van der Waals surface area contributed by atoms with E-state index in [0.717, 1.165) is 25.9 Å². The molecule has 18 heavy (non-hydrogen) atoms. The van der Waals surface area contributed by atoms with Crippen LogP contribution in [0.3, 0.4) is 0 Å². The lowest BCUT2D eigenvalue weighted by Crippen LogP contribution is -2.38. The highest BCUT2D eigenvalue weighted by atomic mass is 16.1. The monoisotopic (exact) mass is 245 g/mol. The molecule has 2 N–H and O–H groups in total. The average molecular weight is 245 g/mol. The largest absolute Gasteiger partial charge is 0.371 e. The molecule has 0 aromatic carbocycles. The molecule has 0 unspecified atom stereocenters. The van der Waals surface area contributed by atoms with Crippen molar-refractivity contribution in [1.29, 1.82) is 0 Å². The second kappa shape index (κ2) is 4.59. The van der Waals surface area contributed by atoms with Gasteiger partial charge in [0.25, 0.3) is 0 Å². The standard InChI is InChI=1S/C14H19N3O/c15-14(18)11-4-7-17(8-5-11)13-3-6-16-9-12(13)10-1-2-10/h3,6,9-11H,1-2,4-5,7-8H2,(H2,15,18). The van der Waals surface area contributed by atoms with Gasteiger partial charge in [-0.15, -0.1) is 0 Å². The van der Waals surface area contributed by atoms with E-state index in [1.165, 1.54) is 24.1 Å². The van der Waals surface area contributed by atoms with Crippen LogP contribution in [0.2, 0.25) is 0 Å². The number of pyridine rings is 1. The fourth-order valence-corrected chi connectivity index (χ4v) is 2.80. The molecule has 0 atom stereocenters. The first kappa shape index (κ1) is 11.5. The van der Waals surface area contributed by atoms with Crippen LogP contribution in [0, 0.1) is 5.92 Å². The highest BCUT2D eigenvalue weighted by Gasteiger charge is 2.30. The summed E-state index contributed by atoms with van der Waals surface area (Å²) in [5, 5.41) is 0. The maximum atomic E-state index is 11.2. The Balaban J connectivity index is 1.74. The van der Waals surface area contributed by atoms with Crippen LogP contribution >= 0.6 is 0 Å². The van der Waals surface area contributed by atoms with Gasteiger partial charge < -0.3 is 10.6 Å². The fourth-order valence-electron chi connectivity index (χ4n) is 2.80. The Morgan fingerprint density at radius 3 is 2.61 bits per heavy atom. The normalized spacial score (nSPS) is 21.0. The molecule has 1 aliphatic heterocycles. The molecule has 2 heterocycles. The van der Waals surface area contributed by atoms with Crippen molar-refractivity contribution in [2.45, 2.75) is 31.6 Å². The van der Waals surface area contributed by atoms with Crippen molar-refractivity contribution in [2.24, 2.45) is 11.7 Å². The molecule has 0 radical (unpaired) electrons. The van der Waals surface area contributed by atoms with Gasteiger partial charge in [0.1, 0.15) is 0 Å². The van der Waals surface area contributed by atoms with E-state index in [4.69, 9.17) is 5.73 Å². The number of carbonyl (C=O) groups is 1. The second-order valence-electron chi connectivity index (χ2n) is 5.37. The molecule has 1 saturated heterocycles. The Labute approximate surface area is 107 Å². The van der Waals surface area contributed by atoms with Crippen molar-refractivity contribution in [3.8, 4) is 0 Å². The van der Waals surface area contributed by atoms with E-state index >= 15 is 0 Å². The molecule has 4 nitrogen and oxygen atoms in total. The second-order valence-corrected chi connectivity index (χ2v) is 5.37. The van der Waals surface area contributed by atoms with Crippen LogP contribution in [0.15, 0.2) is 18.5 Å². The number of hydrogen-bond acceptors (Lipinski definition) is 3. The molecule has 0 bridgehead atoms. The van der Waals surface area contributed by atoms with E-state index < -0.39 is 0 Å². The number of carbonyl (C=O) groups excluding carboxylic acids is 1. The van der Waals surface area contributed by atoms with Crippen molar-refractivity contribution in [1.82, 2.24) is 4.98 Å². The van der Waals surface area contributed by atoms with Crippen LogP contribution in [0.25, 0.3) is 0 Å². The summed E-state index contributed by atoms with van der Waals surface area (Å²) in [4.78, 5) is 17.8. The number of amides is 1. The molecule has 3 rings (SSSR count). The molecule has 4 heteroatoms. The Hall–Kier alpha value is -1.58. The van der Waals surface area contributed by atoms with E-state index in [1.807, 2.05) is 12.4 Å². The zero-order valence-corrected chi connectivity index (χ0v) is 10.5. The molecule has 2 aliphatic rings. The topological polar surface area (TPSA) is 59.2 Å². The van der Waals surface area contributed by atoms with Crippen molar-refractivity contribution < 1.29 is 4.79 Å². The lowest BCUT2D eigenvalue weighted by molar-refractivity contribution is -0.122. The van der Waals surface area contributed by atoms with Crippen molar-refractivity contribution in [2.75, 3.05) is 18.0 Å². The predicted octanol–water partition coefficient (Wildman–Crippen LogP) is 1.66. The summed E-state index contributed by atoms with van der Waals surface area (Å²) in [5.74, 6) is 0.627. The smallest absolute Gasteiger partial charge is 0.220 e. The van der Waals surface area contributed by atoms with E-state index in [0.29, 0.717) is 5.92 Å². The number of piperidine rings is 1. The minimum Gasteiger partial charge on any atom is -0.371 e. The first-order chi connectivity index (χ1) is 8.75. The number of nitrogens with zero attached hydrogens (tertiary/aromatic N) is 2. The maximum Gasteiger partial charge on any atom is 0.220 e. The number of aromatic nitrogens is 1. The van der Waals surface area contributed by atoms with Gasteiger partial charge in [0.15, 0.2) is 0 Å². The Morgan fingerprint density at radius 2 is 2.00 bits per heavy atom. The number of rotatable bonds is 3. The maximum absolute atomic E-state index is 11.2. The van der Waals surface area contributed by atoms with Crippen LogP contribution in [0.5, 0.6) is 0 Å². The molecule has 1 saturated carbocycles. The lowest BCUT2D eigenvalue weighted by Gasteiger charge is -2.33. The summed E-state index contributed by atoms with van der Waals surface area (Å²) in [6, 6.07) is 2.11. The molecular formula is C14H19N3O. The molecule has 1 aromatic heterocycles. The Bertz CT molecular complexity index is 448. The number of nitrogens with two attached hydrogens (primary N) is 1. The van der Waals surface area contributed by atoms with Crippen LogP contribution in [0.4, 0.5) is 5.69 Å². The van der Waals surface area contributed by atoms with Gasteiger partial charge in [-0.3, -0.25) is 9.78 Å². The van der Waals surface area contributed by atoms with Crippen LogP contribution in [-0.2, 0) is 4.79 Å². The van der Waals surface area contributed by atoms with E-state index in [-0.39, 0.29) is 11.8 Å². The summed E-state index contributed by atoms with van der Waals surface area (Å²) in [5.41, 5.74) is 8.07. The summed E-state index contributed by atoms with van der Waals surface area (Å²) < 4.78 is 0. The summed E-state index contributed by atoms with van der Waals surface area (Å²) in [6.07, 6.45) is 8.20. The van der Waals surface area contributed by atoms with E-state index in [1.54, 1.807) is 0 Å². The van der Waals surface area contributed by atoms with Crippen LogP contribution in [0.1, 0.15) is 37.2 Å². The van der Waals surface area contributed by atoms with Gasteiger partial charge >= 0.3 is 0 Å². The van der Waals surface area contributed by atoms with Crippen molar-refractivity contribution >= 4 is 11.6 Å². The van der Waals surface area contributed by atoms with Gasteiger partial charge in [0, 0.05) is 37.1 Å². The van der Waals surface area contributed by atoms with Gasteiger partial charge in [0.2, 0.25) is 5.91 Å². The molecule has 0 spiro atoms. The first-order valence-electron chi connectivity index (χ1n) is 6.74. The Morgan fingerprint density at radius 1 is 1.28 bits per heavy atom. The number of anilines is 1. The molecule has 1 amide bonds. The highest BCUT2D eigenvalue weighted by Crippen LogP contribution is 2.44. The minimum atomic E-state index is -0.146. The quantitative estimate of drug-likeness (QED) is 0.881. The van der Waals surface area contributed by atoms with Gasteiger partial charge in [-0.2, -0.15) is 0 Å². The van der Waals surface area contributed by atoms with Crippen molar-refractivity contribution in [3.63, 3.8) is 0 Å². The molecular weight excluding hydrogens is 226 g/mol. The molecule has 2 fully saturated rings. The third-order valence-electron chi connectivity index (χ3n) is 4.08. The SMILES string of the molecule is NC(=O)C1CCN(c2ccncc2C2CC2)CC1. The number of hydrogen-bond donors (Lipinski definition) is 1.